The lowest BCUT2D eigenvalue weighted by molar-refractivity contribution is -0.118. The van der Waals surface area contributed by atoms with E-state index in [-0.39, 0.29) is 19.1 Å². The maximum Gasteiger partial charge on any atom is 0.262 e. The van der Waals surface area contributed by atoms with Crippen LogP contribution in [-0.4, -0.2) is 17.6 Å². The van der Waals surface area contributed by atoms with Crippen molar-refractivity contribution in [2.75, 3.05) is 11.9 Å². The van der Waals surface area contributed by atoms with Crippen molar-refractivity contribution in [1.82, 2.24) is 0 Å². The number of ether oxygens (including phenoxy) is 1. The Morgan fingerprint density at radius 2 is 1.92 bits per heavy atom. The number of carbonyl (C=O) groups is 1. The third kappa shape index (κ3) is 4.49. The molecule has 3 rings (SSSR count). The minimum atomic E-state index is -0.227. The second-order valence-electron chi connectivity index (χ2n) is 5.65. The third-order valence-electron chi connectivity index (χ3n) is 3.63. The van der Waals surface area contributed by atoms with Crippen LogP contribution in [0, 0.1) is 6.92 Å². The van der Waals surface area contributed by atoms with Gasteiger partial charge in [-0.1, -0.05) is 12.1 Å². The molecule has 0 radical (unpaired) electrons. The molecule has 5 heteroatoms. The van der Waals surface area contributed by atoms with Crippen molar-refractivity contribution in [2.24, 2.45) is 0 Å². The molecule has 0 fully saturated rings. The predicted octanol–water partition coefficient (Wildman–Crippen LogP) is 3.76. The largest absolute Gasteiger partial charge is 0.484 e. The van der Waals surface area contributed by atoms with Crippen molar-refractivity contribution in [3.8, 4) is 17.1 Å². The van der Waals surface area contributed by atoms with Gasteiger partial charge in [0.2, 0.25) is 0 Å². The van der Waals surface area contributed by atoms with Gasteiger partial charge in [0.1, 0.15) is 23.9 Å². The van der Waals surface area contributed by atoms with Gasteiger partial charge in [-0.05, 0) is 61.0 Å². The third-order valence-corrected chi connectivity index (χ3v) is 3.63. The number of anilines is 1. The Bertz CT molecular complexity index is 852. The number of carbonyl (C=O) groups excluding carboxylic acids is 1. The van der Waals surface area contributed by atoms with Gasteiger partial charge < -0.3 is 19.6 Å². The van der Waals surface area contributed by atoms with Gasteiger partial charge in [-0.25, -0.2) is 0 Å². The summed E-state index contributed by atoms with van der Waals surface area (Å²) in [6.45, 7) is 1.79. The van der Waals surface area contributed by atoms with E-state index in [0.717, 1.165) is 11.1 Å². The van der Waals surface area contributed by atoms with E-state index in [0.29, 0.717) is 23.0 Å². The average molecular weight is 337 g/mol. The van der Waals surface area contributed by atoms with Gasteiger partial charge in [-0.15, -0.1) is 0 Å². The van der Waals surface area contributed by atoms with Crippen LogP contribution < -0.4 is 10.1 Å². The molecule has 1 heterocycles. The molecule has 0 aliphatic heterocycles. The van der Waals surface area contributed by atoms with E-state index < -0.39 is 0 Å². The van der Waals surface area contributed by atoms with Gasteiger partial charge in [0, 0.05) is 11.3 Å². The standard InChI is InChI=1S/C20H19NO4/c1-14-3-2-4-17(11-14)24-13-20(23)21-16-7-5-15(6-8-16)19-10-9-18(12-22)25-19/h2-11,22H,12-13H2,1H3,(H,21,23). The van der Waals surface area contributed by atoms with Gasteiger partial charge in [0.05, 0.1) is 0 Å². The van der Waals surface area contributed by atoms with Gasteiger partial charge in [-0.2, -0.15) is 0 Å². The fourth-order valence-electron chi connectivity index (χ4n) is 2.39. The highest BCUT2D eigenvalue weighted by Gasteiger charge is 2.07. The van der Waals surface area contributed by atoms with Gasteiger partial charge in [0.15, 0.2) is 6.61 Å². The number of hydrogen-bond acceptors (Lipinski definition) is 4. The number of nitrogens with one attached hydrogen (secondary N) is 1. The highest BCUT2D eigenvalue weighted by atomic mass is 16.5. The summed E-state index contributed by atoms with van der Waals surface area (Å²) in [5, 5.41) is 11.8. The number of amides is 1. The Morgan fingerprint density at radius 3 is 2.60 bits per heavy atom. The zero-order valence-electron chi connectivity index (χ0n) is 13.9. The Hall–Kier alpha value is -3.05. The molecule has 2 N–H and O–H groups in total. The fourth-order valence-corrected chi connectivity index (χ4v) is 2.39. The Labute approximate surface area is 145 Å². The second kappa shape index (κ2) is 7.68. The SMILES string of the molecule is Cc1cccc(OCC(=O)Nc2ccc(-c3ccc(CO)o3)cc2)c1. The van der Waals surface area contributed by atoms with Crippen molar-refractivity contribution < 1.29 is 19.1 Å². The topological polar surface area (TPSA) is 71.7 Å². The van der Waals surface area contributed by atoms with Gasteiger partial charge >= 0.3 is 0 Å². The normalized spacial score (nSPS) is 10.5. The van der Waals surface area contributed by atoms with E-state index in [1.54, 1.807) is 24.3 Å². The Balaban J connectivity index is 1.56. The summed E-state index contributed by atoms with van der Waals surface area (Å²) in [5.74, 6) is 1.63. The quantitative estimate of drug-likeness (QED) is 0.718. The van der Waals surface area contributed by atoms with Crippen LogP contribution in [0.15, 0.2) is 65.1 Å². The Kier molecular flexibility index (Phi) is 5.16. The maximum absolute atomic E-state index is 12.0. The minimum Gasteiger partial charge on any atom is -0.484 e. The first-order chi connectivity index (χ1) is 12.1. The van der Waals surface area contributed by atoms with Gasteiger partial charge in [0.25, 0.3) is 5.91 Å². The first-order valence-corrected chi connectivity index (χ1v) is 7.93. The number of aryl methyl sites for hydroxylation is 1. The van der Waals surface area contributed by atoms with E-state index in [2.05, 4.69) is 5.32 Å². The summed E-state index contributed by atoms with van der Waals surface area (Å²) >= 11 is 0. The zero-order chi connectivity index (χ0) is 17.6. The lowest BCUT2D eigenvalue weighted by Crippen LogP contribution is -2.20. The lowest BCUT2D eigenvalue weighted by atomic mass is 10.1. The molecule has 0 saturated carbocycles. The van der Waals surface area contributed by atoms with E-state index in [1.807, 2.05) is 43.3 Å². The van der Waals surface area contributed by atoms with Crippen molar-refractivity contribution in [2.45, 2.75) is 13.5 Å². The molecule has 0 spiro atoms. The minimum absolute atomic E-state index is 0.0523. The number of hydrogen-bond donors (Lipinski definition) is 2. The van der Waals surface area contributed by atoms with Crippen molar-refractivity contribution in [3.05, 3.63) is 72.0 Å². The molecule has 2 aromatic carbocycles. The van der Waals surface area contributed by atoms with Crippen molar-refractivity contribution >= 4 is 11.6 Å². The monoisotopic (exact) mass is 337 g/mol. The summed E-state index contributed by atoms with van der Waals surface area (Å²) < 4.78 is 11.0. The number of aliphatic hydroxyl groups excluding tert-OH is 1. The molecule has 0 atom stereocenters. The van der Waals surface area contributed by atoms with Crippen molar-refractivity contribution in [1.29, 1.82) is 0 Å². The van der Waals surface area contributed by atoms with Crippen LogP contribution in [0.5, 0.6) is 5.75 Å². The summed E-state index contributed by atoms with van der Waals surface area (Å²) in [6, 6.07) is 18.4. The molecule has 0 saturated heterocycles. The van der Waals surface area contributed by atoms with Crippen LogP contribution >= 0.6 is 0 Å². The molecule has 1 aromatic heterocycles. The number of rotatable bonds is 6. The molecule has 0 unspecified atom stereocenters. The first-order valence-electron chi connectivity index (χ1n) is 7.93. The van der Waals surface area contributed by atoms with E-state index in [1.165, 1.54) is 0 Å². The molecular weight excluding hydrogens is 318 g/mol. The summed E-state index contributed by atoms with van der Waals surface area (Å²) in [6.07, 6.45) is 0. The average Bonchev–Trinajstić information content (AvgIpc) is 3.10. The first kappa shape index (κ1) is 16.8. The van der Waals surface area contributed by atoms with Crippen LogP contribution in [0.4, 0.5) is 5.69 Å². The number of benzene rings is 2. The molecule has 0 aliphatic rings. The highest BCUT2D eigenvalue weighted by molar-refractivity contribution is 5.92. The van der Waals surface area contributed by atoms with Crippen LogP contribution in [-0.2, 0) is 11.4 Å². The molecule has 0 bridgehead atoms. The number of furan rings is 1. The van der Waals surface area contributed by atoms with Crippen molar-refractivity contribution in [3.63, 3.8) is 0 Å². The molecule has 1 amide bonds. The molecule has 25 heavy (non-hydrogen) atoms. The molecule has 5 nitrogen and oxygen atoms in total. The van der Waals surface area contributed by atoms with E-state index in [4.69, 9.17) is 14.3 Å². The second-order valence-corrected chi connectivity index (χ2v) is 5.65. The fraction of sp³-hybridized carbons (Fsp3) is 0.150. The maximum atomic E-state index is 12.0. The molecule has 128 valence electrons. The number of aliphatic hydroxyl groups is 1. The van der Waals surface area contributed by atoms with E-state index in [9.17, 15) is 4.79 Å². The Morgan fingerprint density at radius 1 is 1.12 bits per heavy atom. The predicted molar refractivity (Wildman–Crippen MR) is 95.4 cm³/mol. The summed E-state index contributed by atoms with van der Waals surface area (Å²) in [5.41, 5.74) is 2.63. The van der Waals surface area contributed by atoms with E-state index >= 15 is 0 Å². The van der Waals surface area contributed by atoms with Crippen LogP contribution in [0.3, 0.4) is 0 Å². The summed E-state index contributed by atoms with van der Waals surface area (Å²) in [4.78, 5) is 12.0. The summed E-state index contributed by atoms with van der Waals surface area (Å²) in [7, 11) is 0. The lowest BCUT2D eigenvalue weighted by Gasteiger charge is -2.08. The smallest absolute Gasteiger partial charge is 0.262 e. The van der Waals surface area contributed by atoms with Crippen LogP contribution in [0.25, 0.3) is 11.3 Å². The van der Waals surface area contributed by atoms with Gasteiger partial charge in [-0.3, -0.25) is 4.79 Å². The molecular formula is C20H19NO4. The highest BCUT2D eigenvalue weighted by Crippen LogP contribution is 2.24. The zero-order valence-corrected chi connectivity index (χ0v) is 13.9. The molecule has 0 aliphatic carbocycles. The van der Waals surface area contributed by atoms with Crippen LogP contribution in [0.1, 0.15) is 11.3 Å². The molecule has 3 aromatic rings. The van der Waals surface area contributed by atoms with Crippen LogP contribution in [0.2, 0.25) is 0 Å².